The largest absolute Gasteiger partial charge is 0.469 e. The third-order valence-corrected chi connectivity index (χ3v) is 8.14. The highest BCUT2D eigenvalue weighted by atomic mass is 16.6. The van der Waals surface area contributed by atoms with Crippen molar-refractivity contribution in [2.75, 3.05) is 13.7 Å². The number of esters is 5. The molecule has 0 spiro atoms. The van der Waals surface area contributed by atoms with Crippen molar-refractivity contribution >= 4 is 59.2 Å². The number of nitrogens with two attached hydrogens (primary N) is 1. The first kappa shape index (κ1) is 47.9. The van der Waals surface area contributed by atoms with Gasteiger partial charge in [-0.3, -0.25) is 48.5 Å². The van der Waals surface area contributed by atoms with E-state index in [9.17, 15) is 53.3 Å². The molecule has 1 aromatic carbocycles. The first-order valence-electron chi connectivity index (χ1n) is 17.7. The van der Waals surface area contributed by atoms with Crippen molar-refractivity contribution in [1.82, 2.24) is 21.3 Å². The van der Waals surface area contributed by atoms with Crippen LogP contribution in [0.25, 0.3) is 0 Å². The molecule has 1 aromatic rings. The van der Waals surface area contributed by atoms with E-state index < -0.39 is 126 Å². The smallest absolute Gasteiger partial charge is 0.336 e. The van der Waals surface area contributed by atoms with Gasteiger partial charge >= 0.3 is 29.8 Å². The highest BCUT2D eigenvalue weighted by Crippen LogP contribution is 2.27. The van der Waals surface area contributed by atoms with Crippen LogP contribution in [-0.2, 0) is 66.8 Å². The van der Waals surface area contributed by atoms with Gasteiger partial charge in [-0.05, 0) is 38.8 Å². The molecule has 2 rings (SSSR count). The van der Waals surface area contributed by atoms with Gasteiger partial charge in [0.15, 0.2) is 18.4 Å². The number of carbonyl (C=O) groups excluding carboxylic acids is 9. The van der Waals surface area contributed by atoms with Gasteiger partial charge in [0.25, 0.3) is 5.69 Å². The highest BCUT2D eigenvalue weighted by molar-refractivity contribution is 5.94. The number of nitro groups is 1. The summed E-state index contributed by atoms with van der Waals surface area (Å²) in [6.45, 7) is 6.28. The second-order valence-electron chi connectivity index (χ2n) is 13.4. The van der Waals surface area contributed by atoms with Crippen LogP contribution in [0.2, 0.25) is 0 Å². The van der Waals surface area contributed by atoms with E-state index >= 15 is 0 Å². The predicted octanol–water partition coefficient (Wildman–Crippen LogP) is -1.29. The Morgan fingerprint density at radius 2 is 1.47 bits per heavy atom. The monoisotopic (exact) mass is 824 g/mol. The lowest BCUT2D eigenvalue weighted by atomic mass is 9.94. The Balaban J connectivity index is 2.36. The fraction of sp³-hybridized carbons (Fsp3) is 0.571. The molecule has 58 heavy (non-hydrogen) atoms. The van der Waals surface area contributed by atoms with Crippen LogP contribution in [0.15, 0.2) is 24.3 Å². The van der Waals surface area contributed by atoms with Crippen LogP contribution in [0.4, 0.5) is 5.69 Å². The Bertz CT molecular complexity index is 1720. The zero-order valence-electron chi connectivity index (χ0n) is 32.9. The van der Waals surface area contributed by atoms with Crippen LogP contribution in [0, 0.1) is 10.1 Å². The lowest BCUT2D eigenvalue weighted by Gasteiger charge is -2.45. The Kier molecular flexibility index (Phi) is 18.1. The molecule has 1 heterocycles. The maximum Gasteiger partial charge on any atom is 0.336 e. The Hall–Kier alpha value is -6.23. The summed E-state index contributed by atoms with van der Waals surface area (Å²) in [6, 6.07) is 0.251. The van der Waals surface area contributed by atoms with Crippen molar-refractivity contribution in [3.05, 3.63) is 34.4 Å². The average Bonchev–Trinajstić information content (AvgIpc) is 3.12. The number of nitrogens with zero attached hydrogens (tertiary/aromatic N) is 1. The van der Waals surface area contributed by atoms with Crippen LogP contribution in [0.3, 0.4) is 0 Å². The molecule has 1 saturated heterocycles. The van der Waals surface area contributed by atoms with E-state index in [2.05, 4.69) is 26.0 Å². The minimum atomic E-state index is -1.79. The Morgan fingerprint density at radius 3 is 2.00 bits per heavy atom. The Morgan fingerprint density at radius 1 is 0.862 bits per heavy atom. The summed E-state index contributed by atoms with van der Waals surface area (Å²) in [4.78, 5) is 123. The molecule has 1 aliphatic heterocycles. The SMILES string of the molecule is COC(=O)CC[C@H](N)C(=O)N[C@@H](CCC(=O)N[C@@H]1O[C@H](COC(C)=O)[C@@H](OC(C)=O)[C@H](OC(C)=O)[C@H]1NC(C)=O)C(=O)NC(C)(C)C(=O)Oc1ccc([N+](=O)[O-])cc1. The third kappa shape index (κ3) is 15.4. The van der Waals surface area contributed by atoms with Gasteiger partial charge in [-0.1, -0.05) is 0 Å². The van der Waals surface area contributed by atoms with Gasteiger partial charge in [0.2, 0.25) is 23.6 Å². The molecule has 7 atom stereocenters. The molecular weight excluding hydrogens is 776 g/mol. The number of amides is 4. The predicted molar refractivity (Wildman–Crippen MR) is 193 cm³/mol. The first-order chi connectivity index (χ1) is 27.0. The lowest BCUT2D eigenvalue weighted by molar-refractivity contribution is -0.384. The maximum atomic E-state index is 13.7. The second kappa shape index (κ2) is 21.9. The van der Waals surface area contributed by atoms with Crippen LogP contribution >= 0.6 is 0 Å². The Labute approximate surface area is 331 Å². The van der Waals surface area contributed by atoms with E-state index in [1.54, 1.807) is 0 Å². The zero-order chi connectivity index (χ0) is 43.9. The molecule has 0 unspecified atom stereocenters. The molecule has 1 aliphatic rings. The van der Waals surface area contributed by atoms with Gasteiger partial charge in [0.05, 0.1) is 18.1 Å². The van der Waals surface area contributed by atoms with Gasteiger partial charge in [-0.2, -0.15) is 0 Å². The molecule has 1 fully saturated rings. The quantitative estimate of drug-likeness (QED) is 0.0356. The van der Waals surface area contributed by atoms with E-state index in [0.29, 0.717) is 0 Å². The molecule has 0 saturated carbocycles. The third-order valence-electron chi connectivity index (χ3n) is 8.14. The number of benzene rings is 1. The highest BCUT2D eigenvalue weighted by Gasteiger charge is 2.51. The number of nitro benzene ring substituents is 1. The molecule has 0 radical (unpaired) electrons. The molecule has 0 aromatic heterocycles. The van der Waals surface area contributed by atoms with Gasteiger partial charge in [-0.15, -0.1) is 0 Å². The standard InChI is InChI=1S/C35H48N6O17/c1-17(42)37-28-30(56-20(4)45)29(55-19(3)44)25(16-54-18(2)43)58-33(28)39-26(46)14-13-24(38-31(48)23(36)12-15-27(47)53-7)32(49)40-35(5,6)34(50)57-22-10-8-21(9-11-22)41(51)52/h8-11,23-25,28-30,33H,12-16,36H2,1-7H3,(H,37,42)(H,38,48)(H,39,46)(H,40,49)/t23-,24-,25+,28+,29+,30+,33+/m0/s1. The maximum absolute atomic E-state index is 13.7. The minimum absolute atomic E-state index is 0.0799. The lowest BCUT2D eigenvalue weighted by Crippen LogP contribution is -2.69. The second-order valence-corrected chi connectivity index (χ2v) is 13.4. The van der Waals surface area contributed by atoms with Crippen molar-refractivity contribution in [3.63, 3.8) is 0 Å². The van der Waals surface area contributed by atoms with Gasteiger partial charge in [0, 0.05) is 52.7 Å². The van der Waals surface area contributed by atoms with E-state index in [4.69, 9.17) is 29.4 Å². The molecule has 6 N–H and O–H groups in total. The number of non-ortho nitro benzene ring substituents is 1. The molecule has 23 nitrogen and oxygen atoms in total. The number of hydrogen-bond donors (Lipinski definition) is 5. The molecule has 320 valence electrons. The fourth-order valence-electron chi connectivity index (χ4n) is 5.33. The van der Waals surface area contributed by atoms with Crippen molar-refractivity contribution in [2.45, 2.75) is 115 Å². The number of ether oxygens (including phenoxy) is 6. The summed E-state index contributed by atoms with van der Waals surface area (Å²) in [6.07, 6.45) is -7.24. The molecule has 23 heteroatoms. The van der Waals surface area contributed by atoms with Gasteiger partial charge in [-0.25, -0.2) is 4.79 Å². The summed E-state index contributed by atoms with van der Waals surface area (Å²) in [5, 5.41) is 20.8. The van der Waals surface area contributed by atoms with Crippen LogP contribution in [0.5, 0.6) is 5.75 Å². The van der Waals surface area contributed by atoms with Crippen molar-refractivity contribution in [1.29, 1.82) is 0 Å². The minimum Gasteiger partial charge on any atom is -0.469 e. The topological polar surface area (TPSA) is 326 Å². The summed E-state index contributed by atoms with van der Waals surface area (Å²) in [5.74, 6) is -7.66. The van der Waals surface area contributed by atoms with Crippen LogP contribution < -0.4 is 31.7 Å². The van der Waals surface area contributed by atoms with Crippen molar-refractivity contribution in [3.8, 4) is 5.75 Å². The summed E-state index contributed by atoms with van der Waals surface area (Å²) >= 11 is 0. The molecule has 4 amide bonds. The molecule has 0 aliphatic carbocycles. The fourth-order valence-corrected chi connectivity index (χ4v) is 5.33. The number of nitrogens with one attached hydrogen (secondary N) is 4. The van der Waals surface area contributed by atoms with E-state index in [1.165, 1.54) is 26.0 Å². The van der Waals surface area contributed by atoms with Gasteiger partial charge in [0.1, 0.15) is 36.1 Å². The van der Waals surface area contributed by atoms with Crippen molar-refractivity contribution < 1.29 is 76.5 Å². The van der Waals surface area contributed by atoms with E-state index in [1.807, 2.05) is 0 Å². The number of hydrogen-bond acceptors (Lipinski definition) is 18. The molecule has 0 bridgehead atoms. The number of methoxy groups -OCH3 is 1. The summed E-state index contributed by atoms with van der Waals surface area (Å²) in [7, 11) is 1.14. The molecular formula is C35H48N6O17. The van der Waals surface area contributed by atoms with Crippen molar-refractivity contribution in [2.24, 2.45) is 5.73 Å². The van der Waals surface area contributed by atoms with Gasteiger partial charge < -0.3 is 55.4 Å². The van der Waals surface area contributed by atoms with E-state index in [0.717, 1.165) is 46.9 Å². The summed E-state index contributed by atoms with van der Waals surface area (Å²) in [5.41, 5.74) is 3.88. The first-order valence-corrected chi connectivity index (χ1v) is 17.7. The number of carbonyl (C=O) groups is 9. The normalized spacial score (nSPS) is 19.8. The van der Waals surface area contributed by atoms with Crippen LogP contribution in [0.1, 0.15) is 67.2 Å². The zero-order valence-corrected chi connectivity index (χ0v) is 32.9. The van der Waals surface area contributed by atoms with E-state index in [-0.39, 0.29) is 24.3 Å². The van der Waals surface area contributed by atoms with Crippen LogP contribution in [-0.4, -0.2) is 120 Å². The average molecular weight is 825 g/mol. The number of rotatable bonds is 19. The summed E-state index contributed by atoms with van der Waals surface area (Å²) < 4.78 is 31.6.